The minimum atomic E-state index is 0. The second-order valence-corrected chi connectivity index (χ2v) is 7.46. The molecule has 0 N–H and O–H groups in total. The van der Waals surface area contributed by atoms with Gasteiger partial charge in [0.2, 0.25) is 0 Å². The minimum absolute atomic E-state index is 0. The van der Waals surface area contributed by atoms with E-state index in [2.05, 4.69) is 49.1 Å². The lowest BCUT2D eigenvalue weighted by molar-refractivity contribution is 0.194. The lowest BCUT2D eigenvalue weighted by atomic mass is 9.93. The number of nitrogens with zero attached hydrogens (tertiary/aromatic N) is 1. The zero-order chi connectivity index (χ0) is 17.1. The van der Waals surface area contributed by atoms with Gasteiger partial charge in [0.15, 0.2) is 0 Å². The Kier molecular flexibility index (Phi) is 7.64. The Morgan fingerprint density at radius 1 is 0.920 bits per heavy atom. The Morgan fingerprint density at radius 3 is 2.16 bits per heavy atom. The number of hydrogen-bond acceptors (Lipinski definition) is 1. The van der Waals surface area contributed by atoms with Crippen molar-refractivity contribution in [3.8, 4) is 0 Å². The maximum atomic E-state index is 6.28. The number of rotatable bonds is 6. The van der Waals surface area contributed by atoms with Gasteiger partial charge in [-0.25, -0.2) is 0 Å². The molecule has 1 aliphatic carbocycles. The van der Waals surface area contributed by atoms with E-state index >= 15 is 0 Å². The first-order chi connectivity index (χ1) is 11.7. The molecule has 1 nitrogen and oxygen atoms in total. The summed E-state index contributed by atoms with van der Waals surface area (Å²) in [6.07, 6.45) is 3.50. The van der Waals surface area contributed by atoms with Crippen molar-refractivity contribution in [2.24, 2.45) is 0 Å². The fourth-order valence-electron chi connectivity index (χ4n) is 4.00. The molecule has 0 bridgehead atoms. The van der Waals surface area contributed by atoms with Gasteiger partial charge in [0, 0.05) is 12.0 Å². The standard InChI is InChI=1S/C21H25Cl2N.ClH/c1-3-11-24(12-4-2)21-14-18(16-7-5-6-8-17(16)21)15-9-10-19(22)20(23)13-15;/h5-10,13,18,21H,3-4,11-12,14H2,1-2H3;1H. The quantitative estimate of drug-likeness (QED) is 0.501. The average Bonchev–Trinajstić information content (AvgIpc) is 2.97. The molecule has 25 heavy (non-hydrogen) atoms. The topological polar surface area (TPSA) is 3.24 Å². The average molecular weight is 399 g/mol. The zero-order valence-electron chi connectivity index (χ0n) is 14.8. The van der Waals surface area contributed by atoms with Crippen LogP contribution in [0.25, 0.3) is 0 Å². The highest BCUT2D eigenvalue weighted by molar-refractivity contribution is 6.42. The van der Waals surface area contributed by atoms with Gasteiger partial charge in [-0.05, 0) is 61.2 Å². The second-order valence-electron chi connectivity index (χ2n) is 6.64. The molecule has 2 atom stereocenters. The highest BCUT2D eigenvalue weighted by Gasteiger charge is 2.34. The molecule has 0 saturated heterocycles. The van der Waals surface area contributed by atoms with Crippen molar-refractivity contribution >= 4 is 35.6 Å². The van der Waals surface area contributed by atoms with Gasteiger partial charge in [-0.1, -0.05) is 67.4 Å². The van der Waals surface area contributed by atoms with E-state index in [9.17, 15) is 0 Å². The van der Waals surface area contributed by atoms with Crippen LogP contribution >= 0.6 is 35.6 Å². The number of benzene rings is 2. The second kappa shape index (κ2) is 9.28. The number of hydrogen-bond donors (Lipinski definition) is 0. The molecule has 136 valence electrons. The number of halogens is 3. The maximum absolute atomic E-state index is 6.28. The molecule has 2 aromatic carbocycles. The third-order valence-corrected chi connectivity index (χ3v) is 5.74. The summed E-state index contributed by atoms with van der Waals surface area (Å²) in [5, 5.41) is 1.27. The molecule has 1 aliphatic rings. The van der Waals surface area contributed by atoms with Gasteiger partial charge in [-0.15, -0.1) is 12.4 Å². The van der Waals surface area contributed by atoms with Crippen LogP contribution in [0, 0.1) is 0 Å². The van der Waals surface area contributed by atoms with Gasteiger partial charge in [-0.3, -0.25) is 4.90 Å². The normalized spacial score (nSPS) is 18.9. The fourth-order valence-corrected chi connectivity index (χ4v) is 4.30. The first-order valence-electron chi connectivity index (χ1n) is 8.93. The highest BCUT2D eigenvalue weighted by Crippen LogP contribution is 2.47. The SMILES string of the molecule is CCCN(CCC)C1CC(c2ccc(Cl)c(Cl)c2)c2ccccc21.Cl. The lowest BCUT2D eigenvalue weighted by Crippen LogP contribution is -2.29. The monoisotopic (exact) mass is 397 g/mol. The van der Waals surface area contributed by atoms with Crippen molar-refractivity contribution in [2.45, 2.75) is 45.1 Å². The molecule has 0 aromatic heterocycles. The van der Waals surface area contributed by atoms with Crippen LogP contribution in [0.15, 0.2) is 42.5 Å². The molecule has 3 rings (SSSR count). The third kappa shape index (κ3) is 4.34. The molecule has 0 heterocycles. The van der Waals surface area contributed by atoms with Crippen LogP contribution in [0.3, 0.4) is 0 Å². The van der Waals surface area contributed by atoms with Crippen LogP contribution in [0.1, 0.15) is 61.8 Å². The lowest BCUT2D eigenvalue weighted by Gasteiger charge is -2.29. The molecule has 0 saturated carbocycles. The van der Waals surface area contributed by atoms with Crippen LogP contribution in [0.5, 0.6) is 0 Å². The summed E-state index contributed by atoms with van der Waals surface area (Å²) >= 11 is 12.4. The summed E-state index contributed by atoms with van der Waals surface area (Å²) in [5.41, 5.74) is 4.20. The predicted octanol–water partition coefficient (Wildman–Crippen LogP) is 7.11. The molecular weight excluding hydrogens is 373 g/mol. The van der Waals surface area contributed by atoms with Gasteiger partial charge >= 0.3 is 0 Å². The van der Waals surface area contributed by atoms with E-state index in [1.165, 1.54) is 29.5 Å². The summed E-state index contributed by atoms with van der Waals surface area (Å²) in [6, 6.07) is 15.5. The molecular formula is C21H26Cl3N. The van der Waals surface area contributed by atoms with E-state index < -0.39 is 0 Å². The Hall–Kier alpha value is -0.730. The molecule has 4 heteroatoms. The van der Waals surface area contributed by atoms with Crippen LogP contribution < -0.4 is 0 Å². The fraction of sp³-hybridized carbons (Fsp3) is 0.429. The van der Waals surface area contributed by atoms with Gasteiger partial charge < -0.3 is 0 Å². The molecule has 0 fully saturated rings. The van der Waals surface area contributed by atoms with Gasteiger partial charge in [0.25, 0.3) is 0 Å². The van der Waals surface area contributed by atoms with Crippen LogP contribution in [0.4, 0.5) is 0 Å². The molecule has 0 aliphatic heterocycles. The summed E-state index contributed by atoms with van der Waals surface area (Å²) in [5.74, 6) is 0.400. The van der Waals surface area contributed by atoms with Crippen LogP contribution in [0.2, 0.25) is 10.0 Å². The van der Waals surface area contributed by atoms with E-state index in [-0.39, 0.29) is 12.4 Å². The summed E-state index contributed by atoms with van der Waals surface area (Å²) in [6.45, 7) is 6.84. The molecule has 2 unspecified atom stereocenters. The van der Waals surface area contributed by atoms with Crippen molar-refractivity contribution < 1.29 is 0 Å². The van der Waals surface area contributed by atoms with Crippen LogP contribution in [-0.4, -0.2) is 18.0 Å². The van der Waals surface area contributed by atoms with Gasteiger partial charge in [0.05, 0.1) is 10.0 Å². The maximum Gasteiger partial charge on any atom is 0.0595 e. The smallest absolute Gasteiger partial charge is 0.0595 e. The molecule has 0 radical (unpaired) electrons. The number of fused-ring (bicyclic) bond motifs is 1. The van der Waals surface area contributed by atoms with E-state index in [0.717, 1.165) is 19.5 Å². The largest absolute Gasteiger partial charge is 0.296 e. The zero-order valence-corrected chi connectivity index (χ0v) is 17.2. The van der Waals surface area contributed by atoms with Crippen molar-refractivity contribution in [3.63, 3.8) is 0 Å². The molecule has 2 aromatic rings. The van der Waals surface area contributed by atoms with E-state index in [1.807, 2.05) is 12.1 Å². The summed E-state index contributed by atoms with van der Waals surface area (Å²) in [7, 11) is 0. The molecule has 0 spiro atoms. The third-order valence-electron chi connectivity index (χ3n) is 5.00. The Balaban J connectivity index is 0.00000225. The Morgan fingerprint density at radius 2 is 1.56 bits per heavy atom. The van der Waals surface area contributed by atoms with E-state index in [1.54, 1.807) is 0 Å². The Bertz CT molecular complexity index is 695. The van der Waals surface area contributed by atoms with Crippen molar-refractivity contribution in [2.75, 3.05) is 13.1 Å². The minimum Gasteiger partial charge on any atom is -0.296 e. The van der Waals surface area contributed by atoms with Gasteiger partial charge in [-0.2, -0.15) is 0 Å². The summed E-state index contributed by atoms with van der Waals surface area (Å²) < 4.78 is 0. The first kappa shape index (κ1) is 20.6. The van der Waals surface area contributed by atoms with Crippen molar-refractivity contribution in [3.05, 3.63) is 69.2 Å². The highest BCUT2D eigenvalue weighted by atomic mass is 35.5. The predicted molar refractivity (Wildman–Crippen MR) is 112 cm³/mol. The first-order valence-corrected chi connectivity index (χ1v) is 9.69. The Labute approximate surface area is 167 Å². The summed E-state index contributed by atoms with van der Waals surface area (Å²) in [4.78, 5) is 2.65. The van der Waals surface area contributed by atoms with Crippen molar-refractivity contribution in [1.82, 2.24) is 4.90 Å². The van der Waals surface area contributed by atoms with Gasteiger partial charge in [0.1, 0.15) is 0 Å². The van der Waals surface area contributed by atoms with E-state index in [0.29, 0.717) is 22.0 Å². The molecule has 0 amide bonds. The van der Waals surface area contributed by atoms with Crippen LogP contribution in [-0.2, 0) is 0 Å². The van der Waals surface area contributed by atoms with Crippen molar-refractivity contribution in [1.29, 1.82) is 0 Å². The van der Waals surface area contributed by atoms with E-state index in [4.69, 9.17) is 23.2 Å².